The van der Waals surface area contributed by atoms with Gasteiger partial charge in [-0.1, -0.05) is 18.2 Å². The highest BCUT2D eigenvalue weighted by Gasteiger charge is 2.26. The number of hydrogen-bond acceptors (Lipinski definition) is 1. The summed E-state index contributed by atoms with van der Waals surface area (Å²) in [5.74, 6) is 0.728. The Morgan fingerprint density at radius 3 is 2.56 bits per heavy atom. The van der Waals surface area contributed by atoms with Gasteiger partial charge in [0.25, 0.3) is 0 Å². The van der Waals surface area contributed by atoms with Crippen molar-refractivity contribution in [3.8, 4) is 0 Å². The second kappa shape index (κ2) is 6.03. The molecule has 0 radical (unpaired) electrons. The van der Waals surface area contributed by atoms with Crippen molar-refractivity contribution < 1.29 is 9.64 Å². The van der Waals surface area contributed by atoms with E-state index in [2.05, 4.69) is 33.4 Å². The zero-order chi connectivity index (χ0) is 13.1. The van der Waals surface area contributed by atoms with Crippen LogP contribution in [0.1, 0.15) is 40.0 Å². The molecule has 0 amide bonds. The number of nitrogens with one attached hydrogen (secondary N) is 1. The van der Waals surface area contributed by atoms with E-state index in [4.69, 9.17) is 4.74 Å². The lowest BCUT2D eigenvalue weighted by Crippen LogP contribution is -3.15. The fraction of sp³-hybridized carbons (Fsp3) is 0.750. The van der Waals surface area contributed by atoms with Crippen LogP contribution in [0.2, 0.25) is 0 Å². The summed E-state index contributed by atoms with van der Waals surface area (Å²) in [5, 5.41) is 0. The normalized spacial score (nSPS) is 37.2. The predicted molar refractivity (Wildman–Crippen MR) is 75.8 cm³/mol. The molecule has 18 heavy (non-hydrogen) atoms. The first-order valence-corrected chi connectivity index (χ1v) is 7.37. The second-order valence-electron chi connectivity index (χ2n) is 6.27. The summed E-state index contributed by atoms with van der Waals surface area (Å²) < 4.78 is 5.80. The van der Waals surface area contributed by atoms with Crippen molar-refractivity contribution >= 4 is 0 Å². The lowest BCUT2D eigenvalue weighted by molar-refractivity contribution is -0.910. The second-order valence-corrected chi connectivity index (χ2v) is 6.27. The van der Waals surface area contributed by atoms with Crippen molar-refractivity contribution in [3.63, 3.8) is 0 Å². The van der Waals surface area contributed by atoms with Gasteiger partial charge in [-0.2, -0.15) is 0 Å². The molecule has 2 nitrogen and oxygen atoms in total. The minimum Gasteiger partial charge on any atom is -0.364 e. The molecule has 0 spiro atoms. The van der Waals surface area contributed by atoms with Gasteiger partial charge >= 0.3 is 0 Å². The summed E-state index contributed by atoms with van der Waals surface area (Å²) in [6.07, 6.45) is 7.08. The van der Waals surface area contributed by atoms with Gasteiger partial charge < -0.3 is 9.64 Å². The van der Waals surface area contributed by atoms with Crippen LogP contribution in [0.25, 0.3) is 0 Å². The molecule has 1 heterocycles. The maximum absolute atomic E-state index is 5.80. The molecular weight excluding hydrogens is 222 g/mol. The third kappa shape index (κ3) is 3.69. The molecule has 102 valence electrons. The number of ether oxygens (including phenoxy) is 1. The molecule has 0 aromatic heterocycles. The van der Waals surface area contributed by atoms with Crippen molar-refractivity contribution in [1.82, 2.24) is 0 Å². The molecule has 1 N–H and O–H groups in total. The van der Waals surface area contributed by atoms with Crippen LogP contribution in [-0.4, -0.2) is 31.8 Å². The van der Waals surface area contributed by atoms with Crippen molar-refractivity contribution in [2.45, 2.75) is 52.2 Å². The average molecular weight is 250 g/mol. The van der Waals surface area contributed by atoms with Gasteiger partial charge in [0.05, 0.1) is 6.54 Å². The van der Waals surface area contributed by atoms with Crippen molar-refractivity contribution in [1.29, 1.82) is 0 Å². The van der Waals surface area contributed by atoms with Crippen LogP contribution in [0, 0.1) is 5.92 Å². The molecule has 2 rings (SSSR count). The molecule has 4 atom stereocenters. The summed E-state index contributed by atoms with van der Waals surface area (Å²) in [5.41, 5.74) is 3.01. The van der Waals surface area contributed by atoms with E-state index in [9.17, 15) is 0 Å². The van der Waals surface area contributed by atoms with Gasteiger partial charge in [-0.15, -0.1) is 0 Å². The van der Waals surface area contributed by atoms with E-state index >= 15 is 0 Å². The van der Waals surface area contributed by atoms with Crippen LogP contribution in [-0.2, 0) is 4.74 Å². The number of hydrogen-bond donors (Lipinski definition) is 1. The zero-order valence-corrected chi connectivity index (χ0v) is 12.2. The van der Waals surface area contributed by atoms with Crippen molar-refractivity contribution in [2.75, 3.05) is 19.6 Å². The summed E-state index contributed by atoms with van der Waals surface area (Å²) in [4.78, 5) is 1.70. The third-order valence-corrected chi connectivity index (χ3v) is 4.30. The van der Waals surface area contributed by atoms with Gasteiger partial charge in [0.15, 0.2) is 0 Å². The maximum Gasteiger partial charge on any atom is 0.104 e. The fourth-order valence-corrected chi connectivity index (χ4v) is 3.35. The van der Waals surface area contributed by atoms with E-state index in [0.717, 1.165) is 19.0 Å². The largest absolute Gasteiger partial charge is 0.364 e. The number of morpholine rings is 1. The van der Waals surface area contributed by atoms with Crippen LogP contribution in [0.4, 0.5) is 0 Å². The van der Waals surface area contributed by atoms with E-state index in [-0.39, 0.29) is 0 Å². The Kier molecular flexibility index (Phi) is 4.63. The average Bonchev–Trinajstić information content (AvgIpc) is 2.28. The van der Waals surface area contributed by atoms with Gasteiger partial charge in [0.1, 0.15) is 25.3 Å². The first-order valence-electron chi connectivity index (χ1n) is 7.37. The van der Waals surface area contributed by atoms with E-state index in [1.807, 2.05) is 0 Å². The molecule has 1 aliphatic carbocycles. The molecule has 2 aliphatic rings. The Bertz CT molecular complexity index is 324. The standard InChI is InChI=1S/C16H27NO/c1-12(2)16-7-5-15(6-8-16)11-17-9-13(3)18-14(4)10-17/h5,13-14,16H,1,6-11H2,2-4H3/p+1/t13-,14+,16-/m0/s1. The molecule has 0 saturated carbocycles. The highest BCUT2D eigenvalue weighted by molar-refractivity contribution is 5.12. The lowest BCUT2D eigenvalue weighted by atomic mass is 9.85. The SMILES string of the molecule is C=C(C)[C@H]1CC=C(C[NH+]2C[C@@H](C)O[C@@H](C)C2)CC1. The van der Waals surface area contributed by atoms with Crippen LogP contribution in [0.15, 0.2) is 23.8 Å². The first kappa shape index (κ1) is 13.8. The van der Waals surface area contributed by atoms with E-state index in [0.29, 0.717) is 12.2 Å². The van der Waals surface area contributed by atoms with Gasteiger partial charge in [-0.25, -0.2) is 0 Å². The molecule has 1 saturated heterocycles. The van der Waals surface area contributed by atoms with Gasteiger partial charge in [-0.3, -0.25) is 0 Å². The van der Waals surface area contributed by atoms with Crippen molar-refractivity contribution in [2.24, 2.45) is 5.92 Å². The minimum absolute atomic E-state index is 0.413. The number of rotatable bonds is 3. The first-order chi connectivity index (χ1) is 8.54. The van der Waals surface area contributed by atoms with E-state index in [1.54, 1.807) is 10.5 Å². The van der Waals surface area contributed by atoms with Gasteiger partial charge in [-0.05, 0) is 51.5 Å². The lowest BCUT2D eigenvalue weighted by Gasteiger charge is -2.33. The Labute approximate surface area is 112 Å². The highest BCUT2D eigenvalue weighted by atomic mass is 16.5. The number of quaternary nitrogens is 1. The summed E-state index contributed by atoms with van der Waals surface area (Å²) in [6.45, 7) is 14.2. The molecule has 0 bridgehead atoms. The predicted octanol–water partition coefficient (Wildman–Crippen LogP) is 1.98. The van der Waals surface area contributed by atoms with Crippen molar-refractivity contribution in [3.05, 3.63) is 23.8 Å². The Hall–Kier alpha value is -0.600. The molecular formula is C16H28NO+. The monoisotopic (exact) mass is 250 g/mol. The molecule has 0 aromatic carbocycles. The fourth-order valence-electron chi connectivity index (χ4n) is 3.35. The quantitative estimate of drug-likeness (QED) is 0.756. The third-order valence-electron chi connectivity index (χ3n) is 4.30. The van der Waals surface area contributed by atoms with E-state index in [1.165, 1.54) is 31.4 Å². The molecule has 2 heteroatoms. The molecule has 1 aliphatic heterocycles. The van der Waals surface area contributed by atoms with Crippen LogP contribution < -0.4 is 4.90 Å². The summed E-state index contributed by atoms with van der Waals surface area (Å²) in [6, 6.07) is 0. The van der Waals surface area contributed by atoms with Crippen LogP contribution in [0.3, 0.4) is 0 Å². The maximum atomic E-state index is 5.80. The topological polar surface area (TPSA) is 13.7 Å². The van der Waals surface area contributed by atoms with Crippen LogP contribution >= 0.6 is 0 Å². The number of allylic oxidation sites excluding steroid dienone is 2. The zero-order valence-electron chi connectivity index (χ0n) is 12.2. The van der Waals surface area contributed by atoms with Gasteiger partial charge in [0.2, 0.25) is 0 Å². The summed E-state index contributed by atoms with van der Waals surface area (Å²) >= 11 is 0. The molecule has 1 fully saturated rings. The van der Waals surface area contributed by atoms with Crippen LogP contribution in [0.5, 0.6) is 0 Å². The Morgan fingerprint density at radius 2 is 2.06 bits per heavy atom. The highest BCUT2D eigenvalue weighted by Crippen LogP contribution is 2.27. The Morgan fingerprint density at radius 1 is 1.39 bits per heavy atom. The Balaban J connectivity index is 1.85. The van der Waals surface area contributed by atoms with Gasteiger partial charge in [0, 0.05) is 0 Å². The smallest absolute Gasteiger partial charge is 0.104 e. The van der Waals surface area contributed by atoms with E-state index < -0.39 is 0 Å². The summed E-state index contributed by atoms with van der Waals surface area (Å²) in [7, 11) is 0. The molecule has 1 unspecified atom stereocenters. The molecule has 0 aromatic rings. The minimum atomic E-state index is 0.413.